The van der Waals surface area contributed by atoms with E-state index in [1.165, 1.54) is 6.42 Å². The third kappa shape index (κ3) is 3.60. The second-order valence-corrected chi connectivity index (χ2v) is 6.46. The van der Waals surface area contributed by atoms with Crippen molar-refractivity contribution in [2.45, 2.75) is 45.8 Å². The normalized spacial score (nSPS) is 28.8. The molecular weight excluding hydrogens is 216 g/mol. The number of nitrogens with zero attached hydrogens (tertiary/aromatic N) is 1. The molecule has 1 saturated carbocycles. The number of hydrogen-bond acceptors (Lipinski definition) is 3. The molecule has 1 saturated heterocycles. The van der Waals surface area contributed by atoms with Gasteiger partial charge in [0, 0.05) is 19.1 Å². The van der Waals surface area contributed by atoms with Gasteiger partial charge in [0.05, 0.1) is 0 Å². The summed E-state index contributed by atoms with van der Waals surface area (Å²) < 4.78 is 5.30. The van der Waals surface area contributed by atoms with Crippen LogP contribution in [0.2, 0.25) is 0 Å². The van der Waals surface area contributed by atoms with Crippen molar-refractivity contribution in [1.82, 2.24) is 10.2 Å². The van der Waals surface area contributed by atoms with E-state index in [4.69, 9.17) is 4.74 Å². The number of carbonyl (C=O) groups excluding carboxylic acids is 1. The Hall–Kier alpha value is -0.770. The maximum Gasteiger partial charge on any atom is 0.410 e. The Kier molecular flexibility index (Phi) is 3.34. The summed E-state index contributed by atoms with van der Waals surface area (Å²) in [5.41, 5.74) is -0.390. The first-order valence-electron chi connectivity index (χ1n) is 6.56. The van der Waals surface area contributed by atoms with Crippen LogP contribution in [0.25, 0.3) is 0 Å². The van der Waals surface area contributed by atoms with Gasteiger partial charge in [0.25, 0.3) is 0 Å². The van der Waals surface area contributed by atoms with Gasteiger partial charge in [-0.05, 0) is 45.6 Å². The molecule has 4 heteroatoms. The quantitative estimate of drug-likeness (QED) is 0.818. The molecule has 1 aliphatic heterocycles. The fourth-order valence-electron chi connectivity index (χ4n) is 2.08. The monoisotopic (exact) mass is 240 g/mol. The highest BCUT2D eigenvalue weighted by Gasteiger charge is 2.36. The van der Waals surface area contributed by atoms with Gasteiger partial charge in [-0.25, -0.2) is 4.79 Å². The van der Waals surface area contributed by atoms with Crippen LogP contribution in [0.5, 0.6) is 0 Å². The molecule has 2 fully saturated rings. The van der Waals surface area contributed by atoms with E-state index in [0.717, 1.165) is 31.5 Å². The van der Waals surface area contributed by atoms with Gasteiger partial charge >= 0.3 is 6.09 Å². The molecule has 2 rings (SSSR count). The molecule has 98 valence electrons. The molecule has 2 aliphatic rings. The summed E-state index contributed by atoms with van der Waals surface area (Å²) in [6.07, 6.45) is 1.17. The number of likely N-dealkylation sites (tertiary alicyclic amines) is 1. The summed E-state index contributed by atoms with van der Waals surface area (Å²) in [5.74, 6) is 1.76. The van der Waals surface area contributed by atoms with Crippen molar-refractivity contribution in [3.8, 4) is 0 Å². The number of ether oxygens (including phenoxy) is 1. The van der Waals surface area contributed by atoms with Crippen LogP contribution < -0.4 is 5.32 Å². The SMILES string of the molecule is CC1CC1CNC1CN(C(=O)OC(C)(C)C)C1. The molecule has 0 spiro atoms. The highest BCUT2D eigenvalue weighted by Crippen LogP contribution is 2.36. The first kappa shape index (κ1) is 12.7. The predicted molar refractivity (Wildman–Crippen MR) is 66.9 cm³/mol. The molecule has 4 nitrogen and oxygen atoms in total. The van der Waals surface area contributed by atoms with Gasteiger partial charge in [-0.3, -0.25) is 0 Å². The van der Waals surface area contributed by atoms with E-state index >= 15 is 0 Å². The van der Waals surface area contributed by atoms with Crippen molar-refractivity contribution in [2.75, 3.05) is 19.6 Å². The summed E-state index contributed by atoms with van der Waals surface area (Å²) in [6.45, 7) is 10.7. The van der Waals surface area contributed by atoms with Gasteiger partial charge in [-0.15, -0.1) is 0 Å². The van der Waals surface area contributed by atoms with Crippen molar-refractivity contribution in [3.05, 3.63) is 0 Å². The third-order valence-corrected chi connectivity index (χ3v) is 3.48. The molecule has 1 N–H and O–H groups in total. The lowest BCUT2D eigenvalue weighted by molar-refractivity contribution is 0.00525. The highest BCUT2D eigenvalue weighted by atomic mass is 16.6. The van der Waals surface area contributed by atoms with Crippen LogP contribution in [-0.2, 0) is 4.74 Å². The van der Waals surface area contributed by atoms with Crippen LogP contribution in [0.4, 0.5) is 4.79 Å². The van der Waals surface area contributed by atoms with Gasteiger partial charge in [0.1, 0.15) is 5.60 Å². The van der Waals surface area contributed by atoms with Gasteiger partial charge < -0.3 is 15.0 Å². The average molecular weight is 240 g/mol. The first-order chi connectivity index (χ1) is 7.85. The zero-order chi connectivity index (χ0) is 12.6. The Morgan fingerprint density at radius 1 is 1.41 bits per heavy atom. The van der Waals surface area contributed by atoms with E-state index in [1.807, 2.05) is 20.8 Å². The Balaban J connectivity index is 1.60. The molecule has 1 aliphatic carbocycles. The Bertz CT molecular complexity index is 292. The molecule has 0 aromatic rings. The van der Waals surface area contributed by atoms with E-state index < -0.39 is 0 Å². The minimum Gasteiger partial charge on any atom is -0.444 e. The zero-order valence-electron chi connectivity index (χ0n) is 11.3. The summed E-state index contributed by atoms with van der Waals surface area (Å²) in [7, 11) is 0. The van der Waals surface area contributed by atoms with Crippen molar-refractivity contribution in [2.24, 2.45) is 11.8 Å². The number of nitrogens with one attached hydrogen (secondary N) is 1. The fraction of sp³-hybridized carbons (Fsp3) is 0.923. The molecule has 0 radical (unpaired) electrons. The lowest BCUT2D eigenvalue weighted by Gasteiger charge is -2.40. The number of hydrogen-bond donors (Lipinski definition) is 1. The molecule has 0 bridgehead atoms. The van der Waals surface area contributed by atoms with Gasteiger partial charge in [-0.2, -0.15) is 0 Å². The molecule has 0 aromatic heterocycles. The van der Waals surface area contributed by atoms with E-state index in [1.54, 1.807) is 4.90 Å². The van der Waals surface area contributed by atoms with Gasteiger partial charge in [0.15, 0.2) is 0 Å². The minimum absolute atomic E-state index is 0.185. The molecule has 17 heavy (non-hydrogen) atoms. The maximum atomic E-state index is 11.7. The fourth-order valence-corrected chi connectivity index (χ4v) is 2.08. The smallest absolute Gasteiger partial charge is 0.410 e. The van der Waals surface area contributed by atoms with Gasteiger partial charge in [0.2, 0.25) is 0 Å². The average Bonchev–Trinajstić information content (AvgIpc) is 2.75. The molecular formula is C13H24N2O2. The van der Waals surface area contributed by atoms with Crippen LogP contribution in [0.1, 0.15) is 34.1 Å². The van der Waals surface area contributed by atoms with Crippen molar-refractivity contribution >= 4 is 6.09 Å². The Morgan fingerprint density at radius 3 is 2.47 bits per heavy atom. The second kappa shape index (κ2) is 4.48. The van der Waals surface area contributed by atoms with E-state index in [0.29, 0.717) is 6.04 Å². The van der Waals surface area contributed by atoms with Crippen LogP contribution >= 0.6 is 0 Å². The summed E-state index contributed by atoms with van der Waals surface area (Å²) in [5, 5.41) is 3.51. The molecule has 1 heterocycles. The molecule has 1 amide bonds. The second-order valence-electron chi connectivity index (χ2n) is 6.46. The van der Waals surface area contributed by atoms with Crippen molar-refractivity contribution < 1.29 is 9.53 Å². The lowest BCUT2D eigenvalue weighted by Crippen LogP contribution is -2.60. The van der Waals surface area contributed by atoms with Crippen LogP contribution in [-0.4, -0.2) is 42.3 Å². The number of amides is 1. The van der Waals surface area contributed by atoms with E-state index in [-0.39, 0.29) is 11.7 Å². The predicted octanol–water partition coefficient (Wildman–Crippen LogP) is 1.85. The minimum atomic E-state index is -0.390. The van der Waals surface area contributed by atoms with Crippen LogP contribution in [0, 0.1) is 11.8 Å². The highest BCUT2D eigenvalue weighted by molar-refractivity contribution is 5.69. The topological polar surface area (TPSA) is 41.6 Å². The third-order valence-electron chi connectivity index (χ3n) is 3.48. The van der Waals surface area contributed by atoms with Crippen LogP contribution in [0.15, 0.2) is 0 Å². The molecule has 2 unspecified atom stereocenters. The lowest BCUT2D eigenvalue weighted by atomic mass is 10.1. The standard InChI is InChI=1S/C13H24N2O2/c1-9-5-10(9)6-14-11-7-15(8-11)12(16)17-13(2,3)4/h9-11,14H,5-8H2,1-4H3. The summed E-state index contributed by atoms with van der Waals surface area (Å²) in [6, 6.07) is 0.468. The maximum absolute atomic E-state index is 11.7. The van der Waals surface area contributed by atoms with Crippen molar-refractivity contribution in [1.29, 1.82) is 0 Å². The largest absolute Gasteiger partial charge is 0.444 e. The van der Waals surface area contributed by atoms with Crippen molar-refractivity contribution in [3.63, 3.8) is 0 Å². The Labute approximate surface area is 104 Å². The van der Waals surface area contributed by atoms with Gasteiger partial charge in [-0.1, -0.05) is 6.92 Å². The molecule has 0 aromatic carbocycles. The van der Waals surface area contributed by atoms with E-state index in [9.17, 15) is 4.79 Å². The molecule has 2 atom stereocenters. The summed E-state index contributed by atoms with van der Waals surface area (Å²) >= 11 is 0. The number of carbonyl (C=O) groups is 1. The number of rotatable bonds is 3. The Morgan fingerprint density at radius 2 is 2.00 bits per heavy atom. The van der Waals surface area contributed by atoms with E-state index in [2.05, 4.69) is 12.2 Å². The summed E-state index contributed by atoms with van der Waals surface area (Å²) in [4.78, 5) is 13.4. The zero-order valence-corrected chi connectivity index (χ0v) is 11.3. The van der Waals surface area contributed by atoms with Crippen LogP contribution in [0.3, 0.4) is 0 Å². The first-order valence-corrected chi connectivity index (χ1v) is 6.56.